The molecule has 5 heteroatoms. The maximum atomic E-state index is 11.1. The van der Waals surface area contributed by atoms with Crippen molar-refractivity contribution in [3.63, 3.8) is 0 Å². The van der Waals surface area contributed by atoms with Crippen LogP contribution in [0.3, 0.4) is 0 Å². The molecule has 2 aromatic heterocycles. The highest BCUT2D eigenvalue weighted by molar-refractivity contribution is 5.86. The minimum absolute atomic E-state index is 0.126. The largest absolute Gasteiger partial charge is 0.477 e. The first-order valence-corrected chi connectivity index (χ1v) is 6.36. The Hall–Kier alpha value is -2.69. The number of pyridine rings is 1. The van der Waals surface area contributed by atoms with Gasteiger partial charge in [0.25, 0.3) is 0 Å². The molecule has 0 saturated heterocycles. The fraction of sp³-hybridized carbons (Fsp3) is 0.133. The van der Waals surface area contributed by atoms with E-state index < -0.39 is 5.97 Å². The van der Waals surface area contributed by atoms with Gasteiger partial charge in [-0.15, -0.1) is 0 Å². The van der Waals surface area contributed by atoms with Gasteiger partial charge in [0.15, 0.2) is 17.2 Å². The minimum Gasteiger partial charge on any atom is -0.477 e. The molecule has 0 amide bonds. The summed E-state index contributed by atoms with van der Waals surface area (Å²) in [5.74, 6) is -0.349. The Kier molecular flexibility index (Phi) is 3.16. The molecule has 0 aliphatic rings. The number of aromatic carboxylic acids is 1. The van der Waals surface area contributed by atoms with Gasteiger partial charge in [-0.25, -0.2) is 14.3 Å². The summed E-state index contributed by atoms with van der Waals surface area (Å²) in [6.07, 6.45) is 1.52. The van der Waals surface area contributed by atoms with Crippen LogP contribution < -0.4 is 0 Å². The van der Waals surface area contributed by atoms with E-state index in [1.165, 1.54) is 16.1 Å². The van der Waals surface area contributed by atoms with Gasteiger partial charge in [0.05, 0.1) is 0 Å². The van der Waals surface area contributed by atoms with E-state index >= 15 is 0 Å². The van der Waals surface area contributed by atoms with E-state index in [0.29, 0.717) is 17.9 Å². The Morgan fingerprint density at radius 3 is 2.60 bits per heavy atom. The number of rotatable bonds is 4. The van der Waals surface area contributed by atoms with Crippen LogP contribution in [0.25, 0.3) is 5.65 Å². The molecule has 1 aromatic carbocycles. The number of carboxylic acid groups (broad SMARTS) is 1. The summed E-state index contributed by atoms with van der Waals surface area (Å²) in [4.78, 5) is 15.5. The van der Waals surface area contributed by atoms with Crippen molar-refractivity contribution in [2.75, 3.05) is 0 Å². The third-order valence-corrected chi connectivity index (χ3v) is 3.10. The Morgan fingerprint density at radius 2 is 1.85 bits per heavy atom. The van der Waals surface area contributed by atoms with E-state index in [1.807, 2.05) is 18.2 Å². The van der Waals surface area contributed by atoms with Crippen molar-refractivity contribution in [2.24, 2.45) is 0 Å². The molecule has 0 spiro atoms. The van der Waals surface area contributed by atoms with Crippen molar-refractivity contribution >= 4 is 11.6 Å². The number of carboxylic acids is 1. The van der Waals surface area contributed by atoms with Gasteiger partial charge < -0.3 is 5.11 Å². The third kappa shape index (κ3) is 2.38. The normalized spacial score (nSPS) is 10.8. The van der Waals surface area contributed by atoms with E-state index in [2.05, 4.69) is 22.2 Å². The molecule has 0 fully saturated rings. The fourth-order valence-corrected chi connectivity index (χ4v) is 2.12. The molecule has 3 aromatic rings. The number of aryl methyl sites for hydroxylation is 2. The van der Waals surface area contributed by atoms with Crippen molar-refractivity contribution in [3.05, 3.63) is 65.6 Å². The van der Waals surface area contributed by atoms with Gasteiger partial charge in [0.1, 0.15) is 0 Å². The first kappa shape index (κ1) is 12.3. The lowest BCUT2D eigenvalue weighted by Gasteiger charge is -1.97. The fourth-order valence-electron chi connectivity index (χ4n) is 2.12. The monoisotopic (exact) mass is 267 g/mol. The highest BCUT2D eigenvalue weighted by Crippen LogP contribution is 2.09. The van der Waals surface area contributed by atoms with Crippen molar-refractivity contribution < 1.29 is 9.90 Å². The molecular weight excluding hydrogens is 254 g/mol. The number of hydrogen-bond donors (Lipinski definition) is 1. The summed E-state index contributed by atoms with van der Waals surface area (Å²) in [7, 11) is 0. The minimum atomic E-state index is -1.00. The second kappa shape index (κ2) is 5.13. The molecule has 100 valence electrons. The summed E-state index contributed by atoms with van der Waals surface area (Å²) >= 11 is 0. The molecule has 20 heavy (non-hydrogen) atoms. The molecule has 0 saturated carbocycles. The highest BCUT2D eigenvalue weighted by atomic mass is 16.4. The lowest BCUT2D eigenvalue weighted by molar-refractivity contribution is 0.0687. The molecule has 2 heterocycles. The van der Waals surface area contributed by atoms with Crippen LogP contribution in [0.2, 0.25) is 0 Å². The van der Waals surface area contributed by atoms with Crippen molar-refractivity contribution in [1.29, 1.82) is 0 Å². The zero-order valence-corrected chi connectivity index (χ0v) is 10.7. The summed E-state index contributed by atoms with van der Waals surface area (Å²) in [6.45, 7) is 0. The van der Waals surface area contributed by atoms with Crippen LogP contribution in [0, 0.1) is 0 Å². The van der Waals surface area contributed by atoms with Gasteiger partial charge in [-0.2, -0.15) is 5.10 Å². The smallest absolute Gasteiger partial charge is 0.354 e. The molecular formula is C15H13N3O2. The van der Waals surface area contributed by atoms with Gasteiger partial charge in [-0.1, -0.05) is 36.4 Å². The Balaban J connectivity index is 1.86. The lowest BCUT2D eigenvalue weighted by Crippen LogP contribution is -2.06. The predicted octanol–water partition coefficient (Wildman–Crippen LogP) is 2.21. The van der Waals surface area contributed by atoms with Crippen LogP contribution in [0.15, 0.2) is 48.5 Å². The number of benzene rings is 1. The molecule has 0 aliphatic carbocycles. The molecule has 0 unspecified atom stereocenters. The van der Waals surface area contributed by atoms with E-state index in [0.717, 1.165) is 6.42 Å². The molecule has 0 atom stereocenters. The predicted molar refractivity (Wildman–Crippen MR) is 73.8 cm³/mol. The van der Waals surface area contributed by atoms with Gasteiger partial charge >= 0.3 is 5.97 Å². The Labute approximate surface area is 115 Å². The zero-order valence-electron chi connectivity index (χ0n) is 10.7. The summed E-state index contributed by atoms with van der Waals surface area (Å²) in [5, 5.41) is 13.4. The molecule has 1 N–H and O–H groups in total. The van der Waals surface area contributed by atoms with E-state index in [-0.39, 0.29) is 5.69 Å². The molecule has 0 radical (unpaired) electrons. The third-order valence-electron chi connectivity index (χ3n) is 3.10. The second-order valence-electron chi connectivity index (χ2n) is 4.50. The zero-order chi connectivity index (χ0) is 13.9. The van der Waals surface area contributed by atoms with Crippen molar-refractivity contribution in [1.82, 2.24) is 14.6 Å². The van der Waals surface area contributed by atoms with Crippen molar-refractivity contribution in [3.8, 4) is 0 Å². The summed E-state index contributed by atoms with van der Waals surface area (Å²) in [5.41, 5.74) is 1.90. The first-order chi connectivity index (χ1) is 9.74. The van der Waals surface area contributed by atoms with Crippen LogP contribution in [0.5, 0.6) is 0 Å². The lowest BCUT2D eigenvalue weighted by atomic mass is 10.1. The molecule has 5 nitrogen and oxygen atoms in total. The van der Waals surface area contributed by atoms with E-state index in [4.69, 9.17) is 5.11 Å². The molecule has 0 aliphatic heterocycles. The van der Waals surface area contributed by atoms with Crippen LogP contribution in [0.4, 0.5) is 0 Å². The maximum Gasteiger partial charge on any atom is 0.354 e. The number of fused-ring (bicyclic) bond motifs is 1. The van der Waals surface area contributed by atoms with Crippen LogP contribution in [-0.2, 0) is 12.8 Å². The standard InChI is InChI=1S/C15H13N3O2/c19-15(20)12-7-4-8-14-16-13(17-18(12)14)10-9-11-5-2-1-3-6-11/h1-8H,9-10H2,(H,19,20). The molecule has 0 bridgehead atoms. The van der Waals surface area contributed by atoms with Gasteiger partial charge in [-0.3, -0.25) is 0 Å². The maximum absolute atomic E-state index is 11.1. The second-order valence-corrected chi connectivity index (χ2v) is 4.50. The van der Waals surface area contributed by atoms with E-state index in [9.17, 15) is 4.79 Å². The summed E-state index contributed by atoms with van der Waals surface area (Å²) < 4.78 is 1.38. The Bertz CT molecular complexity index is 750. The van der Waals surface area contributed by atoms with E-state index in [1.54, 1.807) is 12.1 Å². The van der Waals surface area contributed by atoms with Crippen molar-refractivity contribution in [2.45, 2.75) is 12.8 Å². The van der Waals surface area contributed by atoms with Gasteiger partial charge in [0.2, 0.25) is 0 Å². The quantitative estimate of drug-likeness (QED) is 0.787. The SMILES string of the molecule is O=C(O)c1cccc2nc(CCc3ccccc3)nn12. The number of hydrogen-bond acceptors (Lipinski definition) is 3. The van der Waals surface area contributed by atoms with Crippen LogP contribution in [0.1, 0.15) is 21.9 Å². The molecule has 3 rings (SSSR count). The van der Waals surface area contributed by atoms with Crippen LogP contribution >= 0.6 is 0 Å². The number of aromatic nitrogens is 3. The average Bonchev–Trinajstić information content (AvgIpc) is 2.88. The van der Waals surface area contributed by atoms with Gasteiger partial charge in [-0.05, 0) is 24.1 Å². The Morgan fingerprint density at radius 1 is 1.05 bits per heavy atom. The highest BCUT2D eigenvalue weighted by Gasteiger charge is 2.11. The van der Waals surface area contributed by atoms with Crippen LogP contribution in [-0.4, -0.2) is 25.7 Å². The number of nitrogens with zero attached hydrogens (tertiary/aromatic N) is 3. The first-order valence-electron chi connectivity index (χ1n) is 6.36. The average molecular weight is 267 g/mol. The topological polar surface area (TPSA) is 67.5 Å². The van der Waals surface area contributed by atoms with Gasteiger partial charge in [0, 0.05) is 6.42 Å². The summed E-state index contributed by atoms with van der Waals surface area (Å²) in [6, 6.07) is 15.0. The number of carbonyl (C=O) groups is 1.